The number of nitrogens with one attached hydrogen (secondary N) is 2. The van der Waals surface area contributed by atoms with Gasteiger partial charge in [0, 0.05) is 21.1 Å². The van der Waals surface area contributed by atoms with Gasteiger partial charge in [0.25, 0.3) is 0 Å². The normalized spacial score (nSPS) is 14.1. The molecular weight excluding hydrogens is 186 g/mol. The van der Waals surface area contributed by atoms with E-state index in [0.717, 1.165) is 0 Å². The Balaban J connectivity index is 4.45. The third-order valence-corrected chi connectivity index (χ3v) is 1.70. The average molecular weight is 203 g/mol. The highest BCUT2D eigenvalue weighted by molar-refractivity contribution is 5.87. The van der Waals surface area contributed by atoms with E-state index in [0.29, 0.717) is 0 Å². The van der Waals surface area contributed by atoms with Crippen LogP contribution in [0.2, 0.25) is 0 Å². The predicted octanol–water partition coefficient (Wildman–Crippen LogP) is -1.25. The maximum Gasteiger partial charge on any atom is 0.315 e. The van der Waals surface area contributed by atoms with Crippen LogP contribution >= 0.6 is 0 Å². The molecule has 6 nitrogen and oxygen atoms in total. The first kappa shape index (κ1) is 12.7. The molecule has 0 fully saturated rings. The fourth-order valence-corrected chi connectivity index (χ4v) is 0.880. The van der Waals surface area contributed by atoms with Crippen molar-refractivity contribution < 1.29 is 14.7 Å². The Bertz CT molecular complexity index is 216. The lowest BCUT2D eigenvalue weighted by Crippen LogP contribution is -2.54. The molecule has 0 radical (unpaired) electrons. The molecule has 0 heterocycles. The van der Waals surface area contributed by atoms with Crippen molar-refractivity contribution in [2.45, 2.75) is 19.1 Å². The van der Waals surface area contributed by atoms with E-state index in [2.05, 4.69) is 10.6 Å². The molecule has 0 aliphatic rings. The summed E-state index contributed by atoms with van der Waals surface area (Å²) in [4.78, 5) is 23.7. The van der Waals surface area contributed by atoms with Crippen LogP contribution < -0.4 is 10.6 Å². The van der Waals surface area contributed by atoms with Crippen molar-refractivity contribution in [3.8, 4) is 0 Å². The molecular formula is C8H17N3O3. The molecule has 2 unspecified atom stereocenters. The summed E-state index contributed by atoms with van der Waals surface area (Å²) in [5, 5.41) is 14.0. The van der Waals surface area contributed by atoms with Crippen molar-refractivity contribution in [2.75, 3.05) is 21.1 Å². The predicted molar refractivity (Wildman–Crippen MR) is 51.8 cm³/mol. The van der Waals surface area contributed by atoms with E-state index in [1.54, 1.807) is 14.1 Å². The van der Waals surface area contributed by atoms with E-state index >= 15 is 0 Å². The van der Waals surface area contributed by atoms with Gasteiger partial charge in [-0.2, -0.15) is 0 Å². The highest BCUT2D eigenvalue weighted by Crippen LogP contribution is 1.96. The minimum absolute atomic E-state index is 0.344. The molecule has 0 aliphatic heterocycles. The van der Waals surface area contributed by atoms with Crippen molar-refractivity contribution in [3.05, 3.63) is 0 Å². The molecule has 82 valence electrons. The number of carbonyl (C=O) groups is 2. The Morgan fingerprint density at radius 2 is 1.86 bits per heavy atom. The van der Waals surface area contributed by atoms with Gasteiger partial charge in [0.15, 0.2) is 0 Å². The van der Waals surface area contributed by atoms with E-state index in [4.69, 9.17) is 0 Å². The van der Waals surface area contributed by atoms with Crippen LogP contribution in [0.5, 0.6) is 0 Å². The van der Waals surface area contributed by atoms with Crippen molar-refractivity contribution in [2.24, 2.45) is 0 Å². The quantitative estimate of drug-likeness (QED) is 0.536. The fraction of sp³-hybridized carbons (Fsp3) is 0.750. The second-order valence-electron chi connectivity index (χ2n) is 3.17. The van der Waals surface area contributed by atoms with Crippen LogP contribution in [0.1, 0.15) is 6.92 Å². The van der Waals surface area contributed by atoms with E-state index < -0.39 is 18.2 Å². The zero-order valence-electron chi connectivity index (χ0n) is 8.87. The molecule has 0 saturated heterocycles. The summed E-state index contributed by atoms with van der Waals surface area (Å²) in [6.07, 6.45) is -0.929. The topological polar surface area (TPSA) is 81.7 Å². The number of urea groups is 1. The van der Waals surface area contributed by atoms with Crippen LogP contribution in [0.3, 0.4) is 0 Å². The number of hydrogen-bond donors (Lipinski definition) is 3. The van der Waals surface area contributed by atoms with Crippen molar-refractivity contribution >= 4 is 11.9 Å². The molecule has 0 spiro atoms. The Hall–Kier alpha value is -1.30. The molecule has 3 amide bonds. The van der Waals surface area contributed by atoms with Crippen molar-refractivity contribution in [3.63, 3.8) is 0 Å². The molecule has 14 heavy (non-hydrogen) atoms. The molecule has 0 aromatic rings. The zero-order valence-corrected chi connectivity index (χ0v) is 8.87. The number of aliphatic hydroxyl groups is 1. The van der Waals surface area contributed by atoms with Gasteiger partial charge in [-0.05, 0) is 6.92 Å². The van der Waals surface area contributed by atoms with Crippen LogP contribution in [-0.4, -0.2) is 55.2 Å². The summed E-state index contributed by atoms with van der Waals surface area (Å²) in [5.41, 5.74) is 0. The SMILES string of the molecule is CNC(=O)NC(C(=O)N(C)C)C(C)O. The third kappa shape index (κ3) is 3.61. The van der Waals surface area contributed by atoms with Crippen molar-refractivity contribution in [1.82, 2.24) is 15.5 Å². The van der Waals surface area contributed by atoms with Gasteiger partial charge in [-0.3, -0.25) is 4.79 Å². The Labute approximate surface area is 83.3 Å². The van der Waals surface area contributed by atoms with Crippen LogP contribution in [-0.2, 0) is 4.79 Å². The first-order chi connectivity index (χ1) is 6.40. The molecule has 0 aromatic carbocycles. The fourth-order valence-electron chi connectivity index (χ4n) is 0.880. The molecule has 0 rings (SSSR count). The van der Waals surface area contributed by atoms with E-state index in [1.165, 1.54) is 18.9 Å². The summed E-state index contributed by atoms with van der Waals surface area (Å²) in [6.45, 7) is 1.45. The van der Waals surface area contributed by atoms with Gasteiger partial charge in [-0.1, -0.05) is 0 Å². The second kappa shape index (κ2) is 5.43. The largest absolute Gasteiger partial charge is 0.391 e. The lowest BCUT2D eigenvalue weighted by molar-refractivity contribution is -0.133. The van der Waals surface area contributed by atoms with Gasteiger partial charge in [0.05, 0.1) is 6.10 Å². The van der Waals surface area contributed by atoms with E-state index in [-0.39, 0.29) is 5.91 Å². The number of rotatable bonds is 3. The minimum atomic E-state index is -0.929. The molecule has 0 bridgehead atoms. The zero-order chi connectivity index (χ0) is 11.3. The molecule has 2 atom stereocenters. The summed E-state index contributed by atoms with van der Waals surface area (Å²) < 4.78 is 0. The second-order valence-corrected chi connectivity index (χ2v) is 3.17. The van der Waals surface area contributed by atoms with Crippen LogP contribution in [0, 0.1) is 0 Å². The number of hydrogen-bond acceptors (Lipinski definition) is 3. The van der Waals surface area contributed by atoms with Crippen molar-refractivity contribution in [1.29, 1.82) is 0 Å². The smallest absolute Gasteiger partial charge is 0.315 e. The molecule has 6 heteroatoms. The lowest BCUT2D eigenvalue weighted by atomic mass is 10.1. The lowest BCUT2D eigenvalue weighted by Gasteiger charge is -2.23. The number of aliphatic hydroxyl groups excluding tert-OH is 1. The molecule has 0 saturated carbocycles. The number of amides is 3. The highest BCUT2D eigenvalue weighted by Gasteiger charge is 2.26. The van der Waals surface area contributed by atoms with Gasteiger partial charge in [0.1, 0.15) is 6.04 Å². The monoisotopic (exact) mass is 203 g/mol. The minimum Gasteiger partial charge on any atom is -0.391 e. The van der Waals surface area contributed by atoms with E-state index in [1.807, 2.05) is 0 Å². The van der Waals surface area contributed by atoms with Gasteiger partial charge in [-0.15, -0.1) is 0 Å². The summed E-state index contributed by atoms with van der Waals surface area (Å²) >= 11 is 0. The van der Waals surface area contributed by atoms with Gasteiger partial charge < -0.3 is 20.6 Å². The van der Waals surface area contributed by atoms with Crippen LogP contribution in [0.25, 0.3) is 0 Å². The van der Waals surface area contributed by atoms with Crippen LogP contribution in [0.15, 0.2) is 0 Å². The number of carbonyl (C=O) groups excluding carboxylic acids is 2. The van der Waals surface area contributed by atoms with Crippen LogP contribution in [0.4, 0.5) is 4.79 Å². The highest BCUT2D eigenvalue weighted by atomic mass is 16.3. The standard InChI is InChI=1S/C8H17N3O3/c1-5(12)6(7(13)11(3)4)10-8(14)9-2/h5-6,12H,1-4H3,(H2,9,10,14). The average Bonchev–Trinajstić information content (AvgIpc) is 2.11. The molecule has 0 aliphatic carbocycles. The summed E-state index contributed by atoms with van der Waals surface area (Å²) in [7, 11) is 4.56. The van der Waals surface area contributed by atoms with E-state index in [9.17, 15) is 14.7 Å². The maximum absolute atomic E-state index is 11.5. The first-order valence-corrected chi connectivity index (χ1v) is 4.27. The third-order valence-electron chi connectivity index (χ3n) is 1.70. The first-order valence-electron chi connectivity index (χ1n) is 4.27. The Morgan fingerprint density at radius 1 is 1.36 bits per heavy atom. The Morgan fingerprint density at radius 3 is 2.14 bits per heavy atom. The van der Waals surface area contributed by atoms with Gasteiger partial charge >= 0.3 is 6.03 Å². The summed E-state index contributed by atoms with van der Waals surface area (Å²) in [5.74, 6) is -0.344. The molecule has 0 aromatic heterocycles. The number of likely N-dealkylation sites (N-methyl/N-ethyl adjacent to an activating group) is 1. The Kier molecular flexibility index (Phi) is 4.93. The molecule has 3 N–H and O–H groups in total. The number of nitrogens with zero attached hydrogens (tertiary/aromatic N) is 1. The maximum atomic E-state index is 11.5. The summed E-state index contributed by atoms with van der Waals surface area (Å²) in [6, 6.07) is -1.41. The van der Waals surface area contributed by atoms with Gasteiger partial charge in [0.2, 0.25) is 5.91 Å². The van der Waals surface area contributed by atoms with Gasteiger partial charge in [-0.25, -0.2) is 4.79 Å².